The molecule has 0 radical (unpaired) electrons. The van der Waals surface area contributed by atoms with Crippen molar-refractivity contribution in [1.82, 2.24) is 4.98 Å². The Hall–Kier alpha value is -2.81. The maximum absolute atomic E-state index is 12.3. The average Bonchev–Trinajstić information content (AvgIpc) is 2.46. The molecule has 6 nitrogen and oxygen atoms in total. The number of amides is 1. The highest BCUT2D eigenvalue weighted by molar-refractivity contribution is 5.98. The number of halogens is 3. The second-order valence-corrected chi connectivity index (χ2v) is 4.40. The lowest BCUT2D eigenvalue weighted by Crippen LogP contribution is -2.24. The van der Waals surface area contributed by atoms with E-state index < -0.39 is 18.0 Å². The lowest BCUT2D eigenvalue weighted by atomic mass is 10.2. The molecule has 0 aliphatic rings. The summed E-state index contributed by atoms with van der Waals surface area (Å²) in [7, 11) is 0. The van der Waals surface area contributed by atoms with E-state index in [4.69, 9.17) is 0 Å². The van der Waals surface area contributed by atoms with Crippen molar-refractivity contribution >= 4 is 23.1 Å². The second kappa shape index (κ2) is 6.53. The SMILES string of the molecule is CC(=O)N(c1cccc(OC(F)(F)F)c1)c1cc(N[O-])ccn1. The van der Waals surface area contributed by atoms with Gasteiger partial charge < -0.3 is 15.4 Å². The van der Waals surface area contributed by atoms with E-state index in [-0.39, 0.29) is 17.2 Å². The van der Waals surface area contributed by atoms with Gasteiger partial charge in [-0.1, -0.05) is 6.07 Å². The summed E-state index contributed by atoms with van der Waals surface area (Å²) in [6.07, 6.45) is -3.55. The minimum Gasteiger partial charge on any atom is -0.761 e. The number of pyridine rings is 1. The quantitative estimate of drug-likeness (QED) is 0.869. The van der Waals surface area contributed by atoms with Gasteiger partial charge in [0.2, 0.25) is 5.91 Å². The Morgan fingerprint density at radius 3 is 2.65 bits per heavy atom. The number of ether oxygens (including phenoxy) is 1. The van der Waals surface area contributed by atoms with Gasteiger partial charge >= 0.3 is 6.36 Å². The molecule has 0 atom stereocenters. The fourth-order valence-corrected chi connectivity index (χ4v) is 1.90. The van der Waals surface area contributed by atoms with E-state index in [9.17, 15) is 23.2 Å². The number of alkyl halides is 3. The van der Waals surface area contributed by atoms with Gasteiger partial charge in [0.25, 0.3) is 0 Å². The van der Waals surface area contributed by atoms with Gasteiger partial charge in [0.1, 0.15) is 11.6 Å². The van der Waals surface area contributed by atoms with Crippen molar-refractivity contribution in [3.05, 3.63) is 47.8 Å². The monoisotopic (exact) mass is 326 g/mol. The van der Waals surface area contributed by atoms with Crippen molar-refractivity contribution in [2.75, 3.05) is 10.4 Å². The second-order valence-electron chi connectivity index (χ2n) is 4.40. The largest absolute Gasteiger partial charge is 0.761 e. The number of hydrogen-bond donors (Lipinski definition) is 1. The molecule has 0 bridgehead atoms. The van der Waals surface area contributed by atoms with E-state index in [1.54, 1.807) is 5.48 Å². The lowest BCUT2D eigenvalue weighted by Gasteiger charge is -2.22. The highest BCUT2D eigenvalue weighted by Crippen LogP contribution is 2.30. The van der Waals surface area contributed by atoms with E-state index >= 15 is 0 Å². The van der Waals surface area contributed by atoms with Crippen LogP contribution in [0.4, 0.5) is 30.4 Å². The summed E-state index contributed by atoms with van der Waals surface area (Å²) in [5.74, 6) is -0.883. The molecule has 122 valence electrons. The summed E-state index contributed by atoms with van der Waals surface area (Å²) in [6.45, 7) is 1.22. The van der Waals surface area contributed by atoms with Crippen molar-refractivity contribution in [2.24, 2.45) is 0 Å². The topological polar surface area (TPSA) is 77.5 Å². The molecule has 0 spiro atoms. The summed E-state index contributed by atoms with van der Waals surface area (Å²) in [4.78, 5) is 16.9. The van der Waals surface area contributed by atoms with Gasteiger partial charge in [-0.15, -0.1) is 13.2 Å². The first-order chi connectivity index (χ1) is 10.8. The van der Waals surface area contributed by atoms with Crippen LogP contribution in [-0.4, -0.2) is 17.3 Å². The van der Waals surface area contributed by atoms with Gasteiger partial charge in [-0.25, -0.2) is 4.98 Å². The fourth-order valence-electron chi connectivity index (χ4n) is 1.90. The zero-order valence-electron chi connectivity index (χ0n) is 11.8. The number of nitrogens with zero attached hydrogens (tertiary/aromatic N) is 2. The van der Waals surface area contributed by atoms with Crippen LogP contribution in [0.15, 0.2) is 42.6 Å². The predicted octanol–water partition coefficient (Wildman–Crippen LogP) is 3.57. The molecule has 1 aromatic carbocycles. The number of benzene rings is 1. The number of carbonyl (C=O) groups excluding carboxylic acids is 1. The molecule has 9 heteroatoms. The Morgan fingerprint density at radius 2 is 2.04 bits per heavy atom. The highest BCUT2D eigenvalue weighted by Gasteiger charge is 2.31. The Kier molecular flexibility index (Phi) is 4.70. The van der Waals surface area contributed by atoms with Crippen molar-refractivity contribution in [2.45, 2.75) is 13.3 Å². The number of carbonyl (C=O) groups is 1. The molecule has 1 N–H and O–H groups in total. The number of hydrogen-bond acceptors (Lipinski definition) is 5. The zero-order valence-corrected chi connectivity index (χ0v) is 11.8. The first-order valence-corrected chi connectivity index (χ1v) is 6.31. The summed E-state index contributed by atoms with van der Waals surface area (Å²) in [6, 6.07) is 7.57. The van der Waals surface area contributed by atoms with Gasteiger partial charge in [-0.2, -0.15) is 0 Å². The summed E-state index contributed by atoms with van der Waals surface area (Å²) in [5, 5.41) is 10.7. The summed E-state index contributed by atoms with van der Waals surface area (Å²) < 4.78 is 40.7. The third kappa shape index (κ3) is 4.33. The molecule has 0 unspecified atom stereocenters. The van der Waals surface area contributed by atoms with Crippen LogP contribution in [0, 0.1) is 5.21 Å². The lowest BCUT2D eigenvalue weighted by molar-refractivity contribution is -0.274. The third-order valence-corrected chi connectivity index (χ3v) is 2.72. The van der Waals surface area contributed by atoms with Gasteiger partial charge in [0, 0.05) is 30.9 Å². The van der Waals surface area contributed by atoms with E-state index in [0.29, 0.717) is 0 Å². The standard InChI is InChI=1S/C14H11F3N3O3/c1-9(21)20(13-7-10(19-22)5-6-18-13)11-3-2-4-12(8-11)23-14(15,16)17/h2-8H,1H3,(H-,18,19,22)/q-1. The molecule has 1 aromatic heterocycles. The van der Waals surface area contributed by atoms with E-state index in [1.165, 1.54) is 37.4 Å². The van der Waals surface area contributed by atoms with Crippen LogP contribution in [-0.2, 0) is 4.79 Å². The molecule has 0 saturated heterocycles. The van der Waals surface area contributed by atoms with Gasteiger partial charge in [-0.3, -0.25) is 9.69 Å². The average molecular weight is 326 g/mol. The molecule has 0 aliphatic heterocycles. The van der Waals surface area contributed by atoms with Crippen LogP contribution < -0.4 is 15.1 Å². The molecule has 23 heavy (non-hydrogen) atoms. The predicted molar refractivity (Wildman–Crippen MR) is 77.2 cm³/mol. The van der Waals surface area contributed by atoms with Gasteiger partial charge in [0.15, 0.2) is 0 Å². The zero-order chi connectivity index (χ0) is 17.0. The smallest absolute Gasteiger partial charge is 0.573 e. The minimum atomic E-state index is -4.84. The molecule has 2 aromatic rings. The molecule has 1 amide bonds. The Labute approximate surface area is 129 Å². The van der Waals surface area contributed by atoms with E-state index in [1.807, 2.05) is 0 Å². The molecule has 0 saturated carbocycles. The number of rotatable bonds is 4. The van der Waals surface area contributed by atoms with Crippen LogP contribution >= 0.6 is 0 Å². The number of nitrogens with one attached hydrogen (secondary N) is 1. The highest BCUT2D eigenvalue weighted by atomic mass is 19.4. The van der Waals surface area contributed by atoms with Gasteiger partial charge in [0.05, 0.1) is 5.69 Å². The molecular formula is C14H11F3N3O3-. The van der Waals surface area contributed by atoms with Crippen LogP contribution in [0.1, 0.15) is 6.92 Å². The molecule has 0 aliphatic carbocycles. The maximum Gasteiger partial charge on any atom is 0.573 e. The molecule has 0 fully saturated rings. The maximum atomic E-state index is 12.3. The van der Waals surface area contributed by atoms with Crippen LogP contribution in [0.3, 0.4) is 0 Å². The Bertz CT molecular complexity index is 707. The van der Waals surface area contributed by atoms with E-state index in [0.717, 1.165) is 17.0 Å². The fraction of sp³-hybridized carbons (Fsp3) is 0.143. The van der Waals surface area contributed by atoms with Crippen molar-refractivity contribution < 1.29 is 22.7 Å². The first kappa shape index (κ1) is 16.6. The normalized spacial score (nSPS) is 11.0. The minimum absolute atomic E-state index is 0.0857. The van der Waals surface area contributed by atoms with Crippen molar-refractivity contribution in [3.63, 3.8) is 0 Å². The number of anilines is 3. The van der Waals surface area contributed by atoms with Crippen molar-refractivity contribution in [1.29, 1.82) is 0 Å². The van der Waals surface area contributed by atoms with Crippen LogP contribution in [0.25, 0.3) is 0 Å². The summed E-state index contributed by atoms with van der Waals surface area (Å²) >= 11 is 0. The van der Waals surface area contributed by atoms with Crippen LogP contribution in [0.5, 0.6) is 5.75 Å². The Morgan fingerprint density at radius 1 is 1.30 bits per heavy atom. The van der Waals surface area contributed by atoms with Gasteiger partial charge in [-0.05, 0) is 18.2 Å². The Balaban J connectivity index is 2.42. The van der Waals surface area contributed by atoms with Crippen LogP contribution in [0.2, 0.25) is 0 Å². The first-order valence-electron chi connectivity index (χ1n) is 6.31. The molecule has 2 rings (SSSR count). The van der Waals surface area contributed by atoms with Crippen molar-refractivity contribution in [3.8, 4) is 5.75 Å². The number of aromatic nitrogens is 1. The van der Waals surface area contributed by atoms with E-state index in [2.05, 4.69) is 9.72 Å². The molecular weight excluding hydrogens is 315 g/mol. The molecule has 1 heterocycles. The third-order valence-electron chi connectivity index (χ3n) is 2.72. The summed E-state index contributed by atoms with van der Waals surface area (Å²) in [5.41, 5.74) is 1.93.